The lowest BCUT2D eigenvalue weighted by atomic mass is 10.0. The van der Waals surface area contributed by atoms with Gasteiger partial charge in [-0.3, -0.25) is 4.79 Å². The Bertz CT molecular complexity index is 499. The van der Waals surface area contributed by atoms with Gasteiger partial charge in [-0.25, -0.2) is 4.79 Å². The van der Waals surface area contributed by atoms with Crippen LogP contribution in [0.25, 0.3) is 5.53 Å². The van der Waals surface area contributed by atoms with Crippen molar-refractivity contribution >= 4 is 17.5 Å². The summed E-state index contributed by atoms with van der Waals surface area (Å²) in [5.41, 5.74) is 9.93. The van der Waals surface area contributed by atoms with E-state index >= 15 is 0 Å². The number of ketones is 1. The molecule has 0 aliphatic rings. The van der Waals surface area contributed by atoms with Crippen LogP contribution < -0.4 is 0 Å². The van der Waals surface area contributed by atoms with Crippen molar-refractivity contribution in [1.82, 2.24) is 0 Å². The third-order valence-corrected chi connectivity index (χ3v) is 2.32. The molecular weight excluding hydrogens is 232 g/mol. The molecule has 0 heterocycles. The van der Waals surface area contributed by atoms with Crippen LogP contribution in [0.3, 0.4) is 0 Å². The summed E-state index contributed by atoms with van der Waals surface area (Å²) < 4.78 is 4.62. The minimum Gasteiger partial charge on any atom is -0.457 e. The van der Waals surface area contributed by atoms with Gasteiger partial charge in [-0.2, -0.15) is 4.79 Å². The van der Waals surface area contributed by atoms with Gasteiger partial charge < -0.3 is 10.3 Å². The van der Waals surface area contributed by atoms with Crippen LogP contribution in [0.5, 0.6) is 0 Å². The lowest BCUT2D eigenvalue weighted by molar-refractivity contribution is -0.141. The monoisotopic (exact) mass is 246 g/mol. The number of nitrogens with zero attached hydrogens (tertiary/aromatic N) is 2. The van der Waals surface area contributed by atoms with Crippen LogP contribution in [-0.2, 0) is 20.7 Å². The standard InChI is InChI=1S/C13H14N2O3/c1-3-18-13(17)12(15-14)11(16)8-10-6-4-9(2)5-7-10/h4-7H,3,8H2,1-2H3. The minimum absolute atomic E-state index is 0.00150. The Hall–Kier alpha value is -2.26. The fourth-order valence-electron chi connectivity index (χ4n) is 1.38. The van der Waals surface area contributed by atoms with Crippen LogP contribution in [0.4, 0.5) is 0 Å². The average molecular weight is 246 g/mol. The highest BCUT2D eigenvalue weighted by molar-refractivity contribution is 6.62. The minimum atomic E-state index is -0.905. The first-order chi connectivity index (χ1) is 8.58. The van der Waals surface area contributed by atoms with E-state index in [9.17, 15) is 9.59 Å². The normalized spacial score (nSPS) is 9.44. The van der Waals surface area contributed by atoms with E-state index in [0.29, 0.717) is 0 Å². The first kappa shape index (κ1) is 13.8. The fourth-order valence-corrected chi connectivity index (χ4v) is 1.38. The highest BCUT2D eigenvalue weighted by atomic mass is 16.5. The average Bonchev–Trinajstić information content (AvgIpc) is 2.33. The molecule has 0 aliphatic heterocycles. The van der Waals surface area contributed by atoms with Gasteiger partial charge in [0, 0.05) is 6.42 Å². The predicted molar refractivity (Wildman–Crippen MR) is 65.1 cm³/mol. The molecule has 0 saturated carbocycles. The van der Waals surface area contributed by atoms with Crippen LogP contribution in [0.1, 0.15) is 18.1 Å². The van der Waals surface area contributed by atoms with E-state index in [4.69, 9.17) is 5.53 Å². The molecule has 0 aromatic heterocycles. The zero-order valence-corrected chi connectivity index (χ0v) is 10.3. The van der Waals surface area contributed by atoms with Crippen molar-refractivity contribution in [1.29, 1.82) is 0 Å². The van der Waals surface area contributed by atoms with E-state index in [1.54, 1.807) is 19.1 Å². The lowest BCUT2D eigenvalue weighted by Gasteiger charge is -1.99. The van der Waals surface area contributed by atoms with E-state index in [1.807, 2.05) is 19.1 Å². The summed E-state index contributed by atoms with van der Waals surface area (Å²) in [7, 11) is 0. The molecule has 0 amide bonds. The number of hydrogen-bond donors (Lipinski definition) is 0. The van der Waals surface area contributed by atoms with E-state index in [2.05, 4.69) is 9.53 Å². The Morgan fingerprint density at radius 3 is 2.39 bits per heavy atom. The van der Waals surface area contributed by atoms with Gasteiger partial charge in [-0.05, 0) is 19.4 Å². The molecule has 0 saturated heterocycles. The molecule has 5 nitrogen and oxygen atoms in total. The molecule has 0 atom stereocenters. The maximum Gasteiger partial charge on any atom is 0.441 e. The van der Waals surface area contributed by atoms with Crippen LogP contribution in [0.15, 0.2) is 24.3 Å². The van der Waals surface area contributed by atoms with Crippen molar-refractivity contribution in [3.8, 4) is 0 Å². The Labute approximate surface area is 105 Å². The second kappa shape index (κ2) is 6.47. The van der Waals surface area contributed by atoms with Crippen molar-refractivity contribution in [2.75, 3.05) is 6.61 Å². The highest BCUT2D eigenvalue weighted by Gasteiger charge is 2.30. The first-order valence-corrected chi connectivity index (χ1v) is 5.56. The smallest absolute Gasteiger partial charge is 0.441 e. The van der Waals surface area contributed by atoms with Crippen LogP contribution in [0.2, 0.25) is 0 Å². The first-order valence-electron chi connectivity index (χ1n) is 5.56. The van der Waals surface area contributed by atoms with Gasteiger partial charge in [0.1, 0.15) is 0 Å². The molecule has 0 unspecified atom stereocenters. The van der Waals surface area contributed by atoms with E-state index in [1.165, 1.54) is 0 Å². The summed E-state index contributed by atoms with van der Waals surface area (Å²) in [6.45, 7) is 3.66. The largest absolute Gasteiger partial charge is 0.457 e. The van der Waals surface area contributed by atoms with Gasteiger partial charge in [0.15, 0.2) is 0 Å². The molecular formula is C13H14N2O3. The molecule has 94 valence electrons. The molecule has 0 radical (unpaired) electrons. The van der Waals surface area contributed by atoms with Crippen LogP contribution in [-0.4, -0.2) is 28.9 Å². The van der Waals surface area contributed by atoms with Gasteiger partial charge >= 0.3 is 11.7 Å². The Balaban J connectivity index is 2.78. The summed E-state index contributed by atoms with van der Waals surface area (Å²) in [5.74, 6) is -1.48. The van der Waals surface area contributed by atoms with Crippen molar-refractivity contribution in [3.63, 3.8) is 0 Å². The van der Waals surface area contributed by atoms with Crippen LogP contribution in [0, 0.1) is 6.92 Å². The molecule has 5 heteroatoms. The topological polar surface area (TPSA) is 79.8 Å². The second-order valence-electron chi connectivity index (χ2n) is 3.75. The maximum absolute atomic E-state index is 11.8. The number of rotatable bonds is 5. The zero-order valence-electron chi connectivity index (χ0n) is 10.3. The summed E-state index contributed by atoms with van der Waals surface area (Å²) in [4.78, 5) is 25.8. The van der Waals surface area contributed by atoms with Crippen molar-refractivity contribution in [2.45, 2.75) is 20.3 Å². The molecule has 0 spiro atoms. The SMILES string of the molecule is CCOC(=O)C(=[N+]=[N-])C(=O)Cc1ccc(C)cc1. The van der Waals surface area contributed by atoms with Gasteiger partial charge in [-0.15, -0.1) is 0 Å². The fraction of sp³-hybridized carbons (Fsp3) is 0.308. The number of Topliss-reactive ketones (excluding diaryl/α,β-unsaturated/α-hetero) is 1. The number of aryl methyl sites for hydroxylation is 1. The van der Waals surface area contributed by atoms with E-state index in [-0.39, 0.29) is 13.0 Å². The third-order valence-electron chi connectivity index (χ3n) is 2.32. The molecule has 0 N–H and O–H groups in total. The van der Waals surface area contributed by atoms with Gasteiger partial charge in [0.25, 0.3) is 5.78 Å². The lowest BCUT2D eigenvalue weighted by Crippen LogP contribution is -2.28. The van der Waals surface area contributed by atoms with Crippen molar-refractivity contribution in [3.05, 3.63) is 40.9 Å². The third kappa shape index (κ3) is 3.64. The van der Waals surface area contributed by atoms with Gasteiger partial charge in [0.05, 0.1) is 6.61 Å². The molecule has 1 aromatic carbocycles. The number of benzene rings is 1. The summed E-state index contributed by atoms with van der Waals surface area (Å²) in [6, 6.07) is 7.30. The van der Waals surface area contributed by atoms with Crippen LogP contribution >= 0.6 is 0 Å². The molecule has 1 rings (SSSR count). The number of ether oxygens (including phenoxy) is 1. The number of carbonyl (C=O) groups is 2. The number of carbonyl (C=O) groups excluding carboxylic acids is 2. The second-order valence-corrected chi connectivity index (χ2v) is 3.75. The summed E-state index contributed by atoms with van der Waals surface area (Å²) in [6.07, 6.45) is -0.00150. The maximum atomic E-state index is 11.8. The Kier molecular flexibility index (Phi) is 4.96. The quantitative estimate of drug-likeness (QED) is 0.258. The molecule has 18 heavy (non-hydrogen) atoms. The van der Waals surface area contributed by atoms with E-state index in [0.717, 1.165) is 11.1 Å². The van der Waals surface area contributed by atoms with Gasteiger partial charge in [-0.1, -0.05) is 29.8 Å². The molecule has 1 aromatic rings. The predicted octanol–water partition coefficient (Wildman–Crippen LogP) is 1.34. The Morgan fingerprint density at radius 1 is 1.28 bits per heavy atom. The van der Waals surface area contributed by atoms with E-state index < -0.39 is 17.5 Å². The summed E-state index contributed by atoms with van der Waals surface area (Å²) in [5, 5.41) is 0. The molecule has 0 fully saturated rings. The summed E-state index contributed by atoms with van der Waals surface area (Å²) >= 11 is 0. The van der Waals surface area contributed by atoms with Crippen molar-refractivity contribution in [2.24, 2.45) is 0 Å². The van der Waals surface area contributed by atoms with Crippen molar-refractivity contribution < 1.29 is 19.1 Å². The molecule has 0 aliphatic carbocycles. The zero-order chi connectivity index (χ0) is 13.5. The van der Waals surface area contributed by atoms with Gasteiger partial charge in [0.2, 0.25) is 0 Å². The highest BCUT2D eigenvalue weighted by Crippen LogP contribution is 2.04. The Morgan fingerprint density at radius 2 is 1.89 bits per heavy atom. The number of esters is 1. The number of hydrogen-bond acceptors (Lipinski definition) is 3. The molecule has 0 bridgehead atoms.